The van der Waals surface area contributed by atoms with Gasteiger partial charge in [0.2, 0.25) is 0 Å². The molecule has 3 N–H and O–H groups in total. The summed E-state index contributed by atoms with van der Waals surface area (Å²) in [5.74, 6) is -1.66. The minimum atomic E-state index is -0.841. The summed E-state index contributed by atoms with van der Waals surface area (Å²) < 4.78 is 0. The molecule has 0 spiro atoms. The maximum atomic E-state index is 11.7. The number of allylic oxidation sites excluding steroid dienone is 5. The van der Waals surface area contributed by atoms with E-state index in [4.69, 9.17) is 0 Å². The Bertz CT molecular complexity index is 1870. The number of hydrogen-bond donors (Lipinski definition) is 3. The van der Waals surface area contributed by atoms with Crippen LogP contribution in [0.4, 0.5) is 11.4 Å². The van der Waals surface area contributed by atoms with Crippen molar-refractivity contribution in [2.75, 3.05) is 23.3 Å². The van der Waals surface area contributed by atoms with E-state index in [0.29, 0.717) is 13.1 Å². The van der Waals surface area contributed by atoms with Crippen molar-refractivity contribution < 1.29 is 19.8 Å². The van der Waals surface area contributed by atoms with Crippen molar-refractivity contribution in [3.05, 3.63) is 120 Å². The highest BCUT2D eigenvalue weighted by Gasteiger charge is 2.43. The van der Waals surface area contributed by atoms with E-state index in [2.05, 4.69) is 111 Å². The molecule has 1 aliphatic heterocycles. The third-order valence-corrected chi connectivity index (χ3v) is 9.96. The standard InChI is InChI=1S/C40H44N2O4/c1-6-39(4,37-30-16-10-8-14-28(30)19-21-32(37)41-25-23-35(43)44)27(3)13-12-18-34-40(5,7-2)38-31-17-11-9-15-29(31)20-22-33(38)42(34)26-24-36(45)46/h8-22,41H,3,6-7,23-26H2,1-2,4-5H3,(H,43,44)(H,45,46)/b13-12+,34-18+. The fraction of sp³-hybridized carbons (Fsp3) is 0.300. The van der Waals surface area contributed by atoms with Crippen LogP contribution >= 0.6 is 0 Å². The molecule has 6 nitrogen and oxygen atoms in total. The van der Waals surface area contributed by atoms with Crippen molar-refractivity contribution in [1.82, 2.24) is 0 Å². The van der Waals surface area contributed by atoms with Crippen molar-refractivity contribution in [1.29, 1.82) is 0 Å². The Morgan fingerprint density at radius 2 is 1.54 bits per heavy atom. The Morgan fingerprint density at radius 3 is 2.20 bits per heavy atom. The van der Waals surface area contributed by atoms with Crippen LogP contribution < -0.4 is 10.2 Å². The van der Waals surface area contributed by atoms with Gasteiger partial charge in [-0.05, 0) is 76.2 Å². The predicted molar refractivity (Wildman–Crippen MR) is 190 cm³/mol. The Kier molecular flexibility index (Phi) is 9.38. The van der Waals surface area contributed by atoms with Crippen molar-refractivity contribution >= 4 is 44.9 Å². The maximum Gasteiger partial charge on any atom is 0.305 e. The Morgan fingerprint density at radius 1 is 0.913 bits per heavy atom. The molecule has 5 rings (SSSR count). The van der Waals surface area contributed by atoms with Gasteiger partial charge in [0.05, 0.1) is 12.8 Å². The molecule has 4 aromatic carbocycles. The monoisotopic (exact) mass is 616 g/mol. The lowest BCUT2D eigenvalue weighted by Crippen LogP contribution is -2.29. The largest absolute Gasteiger partial charge is 0.481 e. The molecule has 4 aromatic rings. The molecule has 1 heterocycles. The summed E-state index contributed by atoms with van der Waals surface area (Å²) in [6.45, 7) is 14.1. The zero-order valence-corrected chi connectivity index (χ0v) is 27.3. The number of carboxylic acids is 2. The fourth-order valence-electron chi connectivity index (χ4n) is 7.02. The summed E-state index contributed by atoms with van der Waals surface area (Å²) >= 11 is 0. The fourth-order valence-corrected chi connectivity index (χ4v) is 7.02. The number of nitrogens with one attached hydrogen (secondary N) is 1. The number of rotatable bonds is 13. The average Bonchev–Trinajstić information content (AvgIpc) is 3.30. The van der Waals surface area contributed by atoms with Crippen LogP contribution in [0.1, 0.15) is 64.5 Å². The first kappa shape index (κ1) is 32.6. The molecule has 6 heteroatoms. The molecule has 46 heavy (non-hydrogen) atoms. The minimum Gasteiger partial charge on any atom is -0.481 e. The number of benzene rings is 4. The molecule has 0 saturated carbocycles. The lowest BCUT2D eigenvalue weighted by atomic mass is 9.71. The molecule has 238 valence electrons. The number of carboxylic acid groups (broad SMARTS) is 2. The molecule has 2 unspecified atom stereocenters. The van der Waals surface area contributed by atoms with Gasteiger partial charge in [-0.1, -0.05) is 100 Å². The van der Waals surface area contributed by atoms with Gasteiger partial charge in [0, 0.05) is 41.0 Å². The van der Waals surface area contributed by atoms with Crippen LogP contribution in [0.15, 0.2) is 109 Å². The second-order valence-corrected chi connectivity index (χ2v) is 12.6. The Hall–Kier alpha value is -4.84. The lowest BCUT2D eigenvalue weighted by Gasteiger charge is -2.34. The first-order chi connectivity index (χ1) is 22.0. The number of nitrogens with zero attached hydrogens (tertiary/aromatic N) is 1. The van der Waals surface area contributed by atoms with Crippen molar-refractivity contribution in [3.63, 3.8) is 0 Å². The summed E-state index contributed by atoms with van der Waals surface area (Å²) in [6.07, 6.45) is 7.96. The summed E-state index contributed by atoms with van der Waals surface area (Å²) in [6, 6.07) is 25.0. The zero-order valence-electron chi connectivity index (χ0n) is 27.3. The molecule has 0 aromatic heterocycles. The molecule has 1 aliphatic rings. The van der Waals surface area contributed by atoms with E-state index >= 15 is 0 Å². The van der Waals surface area contributed by atoms with Crippen molar-refractivity contribution in [2.24, 2.45) is 0 Å². The van der Waals surface area contributed by atoms with Crippen LogP contribution in [-0.4, -0.2) is 35.2 Å². The first-order valence-corrected chi connectivity index (χ1v) is 16.1. The third kappa shape index (κ3) is 5.92. The van der Waals surface area contributed by atoms with E-state index in [-0.39, 0.29) is 18.3 Å². The highest BCUT2D eigenvalue weighted by atomic mass is 16.4. The number of anilines is 2. The lowest BCUT2D eigenvalue weighted by molar-refractivity contribution is -0.137. The third-order valence-electron chi connectivity index (χ3n) is 9.96. The van der Waals surface area contributed by atoms with Gasteiger partial charge >= 0.3 is 11.9 Å². The van der Waals surface area contributed by atoms with Gasteiger partial charge in [-0.15, -0.1) is 0 Å². The van der Waals surface area contributed by atoms with Crippen LogP contribution in [0.25, 0.3) is 21.5 Å². The molecule has 2 atom stereocenters. The molecular weight excluding hydrogens is 572 g/mol. The van der Waals surface area contributed by atoms with E-state index in [1.807, 2.05) is 24.3 Å². The normalized spacial score (nSPS) is 18.3. The smallest absolute Gasteiger partial charge is 0.305 e. The molecule has 0 saturated heterocycles. The summed E-state index contributed by atoms with van der Waals surface area (Å²) in [5.41, 5.74) is 5.55. The van der Waals surface area contributed by atoms with Crippen LogP contribution in [0.3, 0.4) is 0 Å². The van der Waals surface area contributed by atoms with E-state index in [1.165, 1.54) is 16.3 Å². The Balaban J connectivity index is 1.57. The van der Waals surface area contributed by atoms with E-state index < -0.39 is 17.4 Å². The minimum absolute atomic E-state index is 0.0236. The number of aliphatic carboxylic acids is 2. The molecular formula is C40H44N2O4. The van der Waals surface area contributed by atoms with Gasteiger partial charge in [0.1, 0.15) is 0 Å². The Labute approximate surface area is 271 Å². The van der Waals surface area contributed by atoms with Crippen molar-refractivity contribution in [3.8, 4) is 0 Å². The van der Waals surface area contributed by atoms with E-state index in [0.717, 1.165) is 51.8 Å². The van der Waals surface area contributed by atoms with Crippen molar-refractivity contribution in [2.45, 2.75) is 64.2 Å². The molecule has 0 aliphatic carbocycles. The molecule has 0 bridgehead atoms. The molecule has 0 radical (unpaired) electrons. The molecule has 0 fully saturated rings. The highest BCUT2D eigenvalue weighted by Crippen LogP contribution is 2.53. The highest BCUT2D eigenvalue weighted by molar-refractivity contribution is 5.95. The van der Waals surface area contributed by atoms with Gasteiger partial charge in [-0.25, -0.2) is 0 Å². The average molecular weight is 617 g/mol. The first-order valence-electron chi connectivity index (χ1n) is 16.1. The second-order valence-electron chi connectivity index (χ2n) is 12.6. The number of carbonyl (C=O) groups is 2. The van der Waals surface area contributed by atoms with Gasteiger partial charge in [0.15, 0.2) is 0 Å². The van der Waals surface area contributed by atoms with E-state index in [1.54, 1.807) is 0 Å². The molecule has 0 amide bonds. The van der Waals surface area contributed by atoms with E-state index in [9.17, 15) is 19.8 Å². The predicted octanol–water partition coefficient (Wildman–Crippen LogP) is 9.21. The quantitative estimate of drug-likeness (QED) is 0.130. The summed E-state index contributed by atoms with van der Waals surface area (Å²) in [7, 11) is 0. The van der Waals surface area contributed by atoms with Gasteiger partial charge in [-0.2, -0.15) is 0 Å². The number of fused-ring (bicyclic) bond motifs is 4. The SMILES string of the molecule is C=C(/C=C/C=C1/N(CCC(=O)O)c2ccc3ccccc3c2C1(C)CC)C(C)(CC)c1c(NCCC(=O)O)ccc2ccccc12. The topological polar surface area (TPSA) is 89.9 Å². The van der Waals surface area contributed by atoms with Gasteiger partial charge in [-0.3, -0.25) is 9.59 Å². The maximum absolute atomic E-state index is 11.7. The summed E-state index contributed by atoms with van der Waals surface area (Å²) in [4.78, 5) is 25.2. The van der Waals surface area contributed by atoms with Gasteiger partial charge in [0.25, 0.3) is 0 Å². The van der Waals surface area contributed by atoms with Crippen LogP contribution in [0.2, 0.25) is 0 Å². The van der Waals surface area contributed by atoms with Crippen LogP contribution in [0, 0.1) is 0 Å². The zero-order chi connectivity index (χ0) is 33.1. The second kappa shape index (κ2) is 13.3. The summed E-state index contributed by atoms with van der Waals surface area (Å²) in [5, 5.41) is 26.8. The van der Waals surface area contributed by atoms with Gasteiger partial charge < -0.3 is 20.4 Å². The van der Waals surface area contributed by atoms with Crippen LogP contribution in [-0.2, 0) is 20.4 Å². The van der Waals surface area contributed by atoms with Crippen LogP contribution in [0.5, 0.6) is 0 Å². The number of hydrogen-bond acceptors (Lipinski definition) is 4.